The average molecular weight is 530 g/mol. The van der Waals surface area contributed by atoms with Crippen LogP contribution >= 0.6 is 0 Å². The summed E-state index contributed by atoms with van der Waals surface area (Å²) in [5, 5.41) is 14.2. The van der Waals surface area contributed by atoms with E-state index in [1.165, 1.54) is 18.2 Å². The topological polar surface area (TPSA) is 134 Å². The highest BCUT2D eigenvalue weighted by Gasteiger charge is 2.35. The number of urea groups is 1. The van der Waals surface area contributed by atoms with E-state index in [1.807, 2.05) is 19.9 Å². The van der Waals surface area contributed by atoms with Crippen LogP contribution in [0.2, 0.25) is 0 Å². The van der Waals surface area contributed by atoms with Crippen LogP contribution in [0.5, 0.6) is 11.5 Å². The van der Waals surface area contributed by atoms with Crippen LogP contribution in [0.15, 0.2) is 72.4 Å². The first-order valence-corrected chi connectivity index (χ1v) is 12.2. The highest BCUT2D eigenvalue weighted by molar-refractivity contribution is 6.16. The normalized spacial score (nSPS) is 13.8. The maximum absolute atomic E-state index is 12.9. The van der Waals surface area contributed by atoms with Crippen molar-refractivity contribution < 1.29 is 33.8 Å². The van der Waals surface area contributed by atoms with Crippen LogP contribution in [-0.4, -0.2) is 47.0 Å². The van der Waals surface area contributed by atoms with Crippen molar-refractivity contribution in [3.8, 4) is 11.5 Å². The van der Waals surface area contributed by atoms with Gasteiger partial charge in [-0.1, -0.05) is 30.3 Å². The Morgan fingerprint density at radius 2 is 1.77 bits per heavy atom. The lowest BCUT2D eigenvalue weighted by molar-refractivity contribution is -0.127. The number of nitrogens with one attached hydrogen (secondary N) is 2. The number of aromatic carboxylic acids is 1. The van der Waals surface area contributed by atoms with Gasteiger partial charge in [0.2, 0.25) is 5.91 Å². The second-order valence-electron chi connectivity index (χ2n) is 8.73. The van der Waals surface area contributed by atoms with E-state index in [4.69, 9.17) is 14.6 Å². The smallest absolute Gasteiger partial charge is 0.335 e. The Labute approximate surface area is 224 Å². The molecule has 200 valence electrons. The summed E-state index contributed by atoms with van der Waals surface area (Å²) in [4.78, 5) is 49.6. The van der Waals surface area contributed by atoms with Gasteiger partial charge in [0, 0.05) is 5.69 Å². The molecule has 4 rings (SSSR count). The Morgan fingerprint density at radius 3 is 2.46 bits per heavy atom. The van der Waals surface area contributed by atoms with Crippen LogP contribution in [0.25, 0.3) is 6.08 Å². The minimum absolute atomic E-state index is 0.0259. The van der Waals surface area contributed by atoms with E-state index in [-0.39, 0.29) is 17.9 Å². The van der Waals surface area contributed by atoms with Crippen molar-refractivity contribution in [2.45, 2.75) is 20.5 Å². The van der Waals surface area contributed by atoms with Crippen molar-refractivity contribution in [3.05, 3.63) is 94.7 Å². The van der Waals surface area contributed by atoms with E-state index in [0.29, 0.717) is 29.4 Å². The van der Waals surface area contributed by atoms with Crippen LogP contribution < -0.4 is 20.1 Å². The number of ether oxygens (including phenoxy) is 2. The van der Waals surface area contributed by atoms with Gasteiger partial charge in [0.25, 0.3) is 5.91 Å². The van der Waals surface area contributed by atoms with Crippen LogP contribution in [0.3, 0.4) is 0 Å². The molecule has 10 heteroatoms. The SMILES string of the molecule is CCOc1cc(/C=C2/NC(=O)N(CC(=O)Nc3cccc(C)c3)C2=O)ccc1OCc1ccc(C(=O)O)cc1. The van der Waals surface area contributed by atoms with Gasteiger partial charge in [0.05, 0.1) is 12.2 Å². The number of carbonyl (C=O) groups is 4. The highest BCUT2D eigenvalue weighted by Crippen LogP contribution is 2.30. The molecule has 0 radical (unpaired) electrons. The summed E-state index contributed by atoms with van der Waals surface area (Å²) < 4.78 is 11.6. The molecule has 0 bridgehead atoms. The third kappa shape index (κ3) is 6.80. The molecule has 3 N–H and O–H groups in total. The molecule has 0 aromatic heterocycles. The number of carboxylic acid groups (broad SMARTS) is 1. The zero-order valence-corrected chi connectivity index (χ0v) is 21.4. The number of hydrogen-bond donors (Lipinski definition) is 3. The lowest BCUT2D eigenvalue weighted by Gasteiger charge is -2.13. The van der Waals surface area contributed by atoms with Gasteiger partial charge in [-0.2, -0.15) is 0 Å². The number of nitrogens with zero attached hydrogens (tertiary/aromatic N) is 1. The first-order valence-electron chi connectivity index (χ1n) is 12.2. The molecule has 0 saturated carbocycles. The molecule has 10 nitrogen and oxygen atoms in total. The lowest BCUT2D eigenvalue weighted by atomic mass is 10.1. The minimum atomic E-state index is -1.00. The Hall–Kier alpha value is -5.12. The van der Waals surface area contributed by atoms with Crippen molar-refractivity contribution >= 4 is 35.6 Å². The fourth-order valence-corrected chi connectivity index (χ4v) is 3.86. The van der Waals surface area contributed by atoms with Crippen molar-refractivity contribution in [1.29, 1.82) is 0 Å². The molecule has 1 fully saturated rings. The molecule has 4 amide bonds. The summed E-state index contributed by atoms with van der Waals surface area (Å²) in [6.45, 7) is 3.83. The maximum Gasteiger partial charge on any atom is 0.335 e. The van der Waals surface area contributed by atoms with Gasteiger partial charge >= 0.3 is 12.0 Å². The molecule has 0 unspecified atom stereocenters. The predicted molar refractivity (Wildman–Crippen MR) is 143 cm³/mol. The van der Waals surface area contributed by atoms with E-state index in [1.54, 1.807) is 48.5 Å². The number of carboxylic acids is 1. The summed E-state index contributed by atoms with van der Waals surface area (Å²) in [7, 11) is 0. The molecule has 3 aromatic rings. The monoisotopic (exact) mass is 529 g/mol. The third-order valence-electron chi connectivity index (χ3n) is 5.74. The maximum atomic E-state index is 12.9. The number of hydrogen-bond acceptors (Lipinski definition) is 6. The minimum Gasteiger partial charge on any atom is -0.490 e. The summed E-state index contributed by atoms with van der Waals surface area (Å²) >= 11 is 0. The third-order valence-corrected chi connectivity index (χ3v) is 5.74. The second-order valence-corrected chi connectivity index (χ2v) is 8.73. The van der Waals surface area contributed by atoms with Crippen molar-refractivity contribution in [1.82, 2.24) is 10.2 Å². The number of amides is 4. The Morgan fingerprint density at radius 1 is 1.00 bits per heavy atom. The van der Waals surface area contributed by atoms with E-state index in [2.05, 4.69) is 10.6 Å². The van der Waals surface area contributed by atoms with Gasteiger partial charge in [0.1, 0.15) is 18.8 Å². The molecule has 39 heavy (non-hydrogen) atoms. The zero-order valence-electron chi connectivity index (χ0n) is 21.4. The summed E-state index contributed by atoms with van der Waals surface area (Å²) in [6, 6.07) is 17.9. The first kappa shape index (κ1) is 26.9. The molecule has 0 spiro atoms. The molecule has 1 heterocycles. The summed E-state index contributed by atoms with van der Waals surface area (Å²) in [5.41, 5.74) is 3.10. The number of benzene rings is 3. The Balaban J connectivity index is 1.43. The molecule has 1 saturated heterocycles. The molecular weight excluding hydrogens is 502 g/mol. The average Bonchev–Trinajstić information content (AvgIpc) is 3.15. The number of anilines is 1. The van der Waals surface area contributed by atoms with E-state index in [0.717, 1.165) is 16.0 Å². The van der Waals surface area contributed by atoms with Crippen LogP contribution in [0.1, 0.15) is 34.0 Å². The fraction of sp³-hybridized carbons (Fsp3) is 0.172. The summed E-state index contributed by atoms with van der Waals surface area (Å²) in [5.74, 6) is -1.24. The molecule has 3 aromatic carbocycles. The van der Waals surface area contributed by atoms with E-state index >= 15 is 0 Å². The number of carbonyl (C=O) groups excluding carboxylic acids is 3. The van der Waals surface area contributed by atoms with Gasteiger partial charge in [-0.25, -0.2) is 14.5 Å². The fourth-order valence-electron chi connectivity index (χ4n) is 3.86. The van der Waals surface area contributed by atoms with Gasteiger partial charge < -0.3 is 25.2 Å². The number of aryl methyl sites for hydroxylation is 1. The standard InChI is InChI=1S/C29H27N3O7/c1-3-38-25-15-20(9-12-24(25)39-17-19-7-10-21(11-8-19)28(35)36)14-23-27(34)32(29(37)31-23)16-26(33)30-22-6-4-5-18(2)13-22/h4-15H,3,16-17H2,1-2H3,(H,30,33)(H,31,37)(H,35,36)/b23-14+. The quantitative estimate of drug-likeness (QED) is 0.265. The van der Waals surface area contributed by atoms with Crippen LogP contribution in [0, 0.1) is 6.92 Å². The first-order chi connectivity index (χ1) is 18.7. The predicted octanol–water partition coefficient (Wildman–Crippen LogP) is 4.20. The van der Waals surface area contributed by atoms with Gasteiger partial charge in [-0.15, -0.1) is 0 Å². The van der Waals surface area contributed by atoms with Gasteiger partial charge in [-0.05, 0) is 73.0 Å². The van der Waals surface area contributed by atoms with Crippen molar-refractivity contribution in [2.24, 2.45) is 0 Å². The lowest BCUT2D eigenvalue weighted by Crippen LogP contribution is -2.38. The van der Waals surface area contributed by atoms with Crippen LogP contribution in [-0.2, 0) is 16.2 Å². The Kier molecular flexibility index (Phi) is 8.25. The van der Waals surface area contributed by atoms with Crippen LogP contribution in [0.4, 0.5) is 10.5 Å². The van der Waals surface area contributed by atoms with E-state index in [9.17, 15) is 19.2 Å². The van der Waals surface area contributed by atoms with Crippen molar-refractivity contribution in [2.75, 3.05) is 18.5 Å². The number of imide groups is 1. The number of rotatable bonds is 10. The summed E-state index contributed by atoms with van der Waals surface area (Å²) in [6.07, 6.45) is 1.50. The molecule has 1 aliphatic rings. The molecule has 0 atom stereocenters. The second kappa shape index (κ2) is 12.0. The molecule has 0 aliphatic carbocycles. The zero-order chi connectivity index (χ0) is 27.9. The van der Waals surface area contributed by atoms with Gasteiger partial charge in [0.15, 0.2) is 11.5 Å². The molecular formula is C29H27N3O7. The van der Waals surface area contributed by atoms with E-state index < -0.39 is 30.4 Å². The highest BCUT2D eigenvalue weighted by atomic mass is 16.5. The van der Waals surface area contributed by atoms with Crippen molar-refractivity contribution in [3.63, 3.8) is 0 Å². The molecule has 1 aliphatic heterocycles. The largest absolute Gasteiger partial charge is 0.490 e. The van der Waals surface area contributed by atoms with Gasteiger partial charge in [-0.3, -0.25) is 9.59 Å². The Bertz CT molecular complexity index is 1450.